The summed E-state index contributed by atoms with van der Waals surface area (Å²) in [4.78, 5) is 16.7. The van der Waals surface area contributed by atoms with Gasteiger partial charge in [-0.05, 0) is 43.2 Å². The van der Waals surface area contributed by atoms with Crippen molar-refractivity contribution in [3.05, 3.63) is 29.6 Å². The first-order valence-electron chi connectivity index (χ1n) is 8.43. The van der Waals surface area contributed by atoms with Crippen molar-refractivity contribution in [1.29, 1.82) is 0 Å². The fourth-order valence-corrected chi connectivity index (χ4v) is 32.1. The maximum atomic E-state index is 12.2. The van der Waals surface area contributed by atoms with Crippen LogP contribution in [0.15, 0.2) is 18.3 Å². The third-order valence-electron chi connectivity index (χ3n) is 5.67. The lowest BCUT2D eigenvalue weighted by atomic mass is 9.45. The standard InChI is InChI=1S/C14H15NO.S14/c16-11-9-13-4-2-5-14(13,7-6-13)12-10(11)3-1-8-15-12;1-3-5-7-9-11-13-14-12-10-8-6-4-2/h1,3,8H,2,4-7,9H2;. The van der Waals surface area contributed by atoms with Gasteiger partial charge in [0, 0.05) is 153 Å². The second-order valence-electron chi connectivity index (χ2n) is 6.53. The monoisotopic (exact) mass is 661 g/mol. The zero-order valence-corrected chi connectivity index (χ0v) is 26.5. The van der Waals surface area contributed by atoms with Crippen LogP contribution >= 0.6 is 0 Å². The molecule has 1 aromatic heterocycles. The summed E-state index contributed by atoms with van der Waals surface area (Å²) >= 11 is 9.43. The number of hydrogen-bond acceptors (Lipinski definition) is 4. The molecule has 0 spiro atoms. The van der Waals surface area contributed by atoms with Crippen LogP contribution in [0.2, 0.25) is 0 Å². The minimum Gasteiger partial charge on any atom is -0.294 e. The van der Waals surface area contributed by atoms with Crippen molar-refractivity contribution in [2.24, 2.45) is 5.41 Å². The molecular weight excluding hydrogens is 647 g/mol. The van der Waals surface area contributed by atoms with E-state index in [0.717, 1.165) is 17.7 Å². The summed E-state index contributed by atoms with van der Waals surface area (Å²) in [5.74, 6) is 0.334. The van der Waals surface area contributed by atoms with Crippen LogP contribution in [0.4, 0.5) is 0 Å². The molecule has 0 saturated heterocycles. The molecular formula is C14H15NOS14. The molecule has 2 fully saturated rings. The van der Waals surface area contributed by atoms with Crippen molar-refractivity contribution in [3.63, 3.8) is 0 Å². The van der Waals surface area contributed by atoms with Gasteiger partial charge in [0.25, 0.3) is 0 Å². The van der Waals surface area contributed by atoms with Crippen LogP contribution in [0.1, 0.15) is 54.6 Å². The normalized spacial score (nSPS) is 24.5. The first kappa shape index (κ1) is 26.5. The molecule has 0 bridgehead atoms. The molecule has 0 radical (unpaired) electrons. The Balaban J connectivity index is 0.000000174. The summed E-state index contributed by atoms with van der Waals surface area (Å²) in [6, 6.07) is 3.87. The number of Topliss-reactive ketones (excluding diaryl/α,β-unsaturated/α-hetero) is 1. The number of fused-ring (bicyclic) bond motifs is 1. The molecule has 2 nitrogen and oxygen atoms in total. The lowest BCUT2D eigenvalue weighted by Crippen LogP contribution is -2.55. The van der Waals surface area contributed by atoms with Crippen LogP contribution < -0.4 is 0 Å². The molecule has 30 heavy (non-hydrogen) atoms. The summed E-state index contributed by atoms with van der Waals surface area (Å²) < 4.78 is 0. The van der Waals surface area contributed by atoms with Crippen LogP contribution in [0, 0.1) is 5.41 Å². The second kappa shape index (κ2) is 13.7. The smallest absolute Gasteiger partial charge is 0.165 e. The van der Waals surface area contributed by atoms with Gasteiger partial charge in [-0.25, -0.2) is 0 Å². The van der Waals surface area contributed by atoms with Gasteiger partial charge in [-0.2, -0.15) is 0 Å². The Morgan fingerprint density at radius 2 is 1.40 bits per heavy atom. The fourth-order valence-electron chi connectivity index (χ4n) is 4.62. The minimum absolute atomic E-state index is 0.289. The lowest BCUT2D eigenvalue weighted by Gasteiger charge is -2.58. The van der Waals surface area contributed by atoms with Gasteiger partial charge >= 0.3 is 0 Å². The molecule has 16 heteroatoms. The highest BCUT2D eigenvalue weighted by Crippen LogP contribution is 2.70. The summed E-state index contributed by atoms with van der Waals surface area (Å²) in [5, 5.41) is 0. The Morgan fingerprint density at radius 1 is 0.800 bits per heavy atom. The van der Waals surface area contributed by atoms with E-state index in [9.17, 15) is 4.79 Å². The third kappa shape index (κ3) is 6.31. The third-order valence-corrected chi connectivity index (χ3v) is 30.1. The van der Waals surface area contributed by atoms with Crippen molar-refractivity contribution in [2.75, 3.05) is 0 Å². The number of carbonyl (C=O) groups is 1. The van der Waals surface area contributed by atoms with E-state index in [4.69, 9.17) is 22.4 Å². The molecule has 0 N–H and O–H groups in total. The topological polar surface area (TPSA) is 30.0 Å². The van der Waals surface area contributed by atoms with Gasteiger partial charge < -0.3 is 0 Å². The largest absolute Gasteiger partial charge is 0.294 e. The molecule has 0 aromatic carbocycles. The van der Waals surface area contributed by atoms with Gasteiger partial charge in [0.05, 0.1) is 5.69 Å². The Morgan fingerprint density at radius 3 is 1.93 bits per heavy atom. The molecule has 3 aliphatic carbocycles. The van der Waals surface area contributed by atoms with Gasteiger partial charge in [0.15, 0.2) is 5.78 Å². The Bertz CT molecular complexity index is 1300. The van der Waals surface area contributed by atoms with E-state index in [2.05, 4.69) is 4.98 Å². The van der Waals surface area contributed by atoms with E-state index in [1.54, 1.807) is 88.8 Å². The average Bonchev–Trinajstić information content (AvgIpc) is 3.03. The van der Waals surface area contributed by atoms with Crippen molar-refractivity contribution in [2.45, 2.75) is 43.9 Å². The number of pyridine rings is 1. The van der Waals surface area contributed by atoms with E-state index in [0.29, 0.717) is 11.2 Å². The van der Waals surface area contributed by atoms with Crippen LogP contribution in [0.5, 0.6) is 0 Å². The Labute approximate surface area is 220 Å². The van der Waals surface area contributed by atoms with Crippen molar-refractivity contribution >= 4 is 135 Å². The first-order chi connectivity index (χ1) is 14.7. The second-order valence-corrected chi connectivity index (χ2v) is 27.8. The van der Waals surface area contributed by atoms with Crippen molar-refractivity contribution in [3.8, 4) is 0 Å². The predicted molar refractivity (Wildman–Crippen MR) is 163 cm³/mol. The fraction of sp³-hybridized carbons (Fsp3) is 0.571. The first-order valence-corrected chi connectivity index (χ1v) is 25.8. The highest BCUT2D eigenvalue weighted by molar-refractivity contribution is 8.76. The molecule has 0 aliphatic heterocycles. The summed E-state index contributed by atoms with van der Waals surface area (Å²) in [6.07, 6.45) is 8.92. The number of carbonyl (C=O) groups excluding carboxylic acids is 1. The average molecular weight is 662 g/mol. The zero-order valence-electron chi connectivity index (χ0n) is 15.0. The van der Waals surface area contributed by atoms with E-state index in [1.165, 1.54) is 49.9 Å². The van der Waals surface area contributed by atoms with E-state index < -0.39 is 0 Å². The quantitative estimate of drug-likeness (QED) is 0.428. The molecule has 1 aromatic rings. The lowest BCUT2D eigenvalue weighted by molar-refractivity contribution is 0.00373. The van der Waals surface area contributed by atoms with Crippen LogP contribution in [-0.2, 0) is 134 Å². The van der Waals surface area contributed by atoms with E-state index in [-0.39, 0.29) is 5.41 Å². The SMILES string of the molecule is O=C1CC23CCCC2(CC3)c2ncccc21.S=S=S=S=S=S=S=S=S=S=S=S=S=S. The number of aromatic nitrogens is 1. The van der Waals surface area contributed by atoms with Crippen molar-refractivity contribution < 1.29 is 4.79 Å². The van der Waals surface area contributed by atoms with Crippen LogP contribution in [-0.4, -0.2) is 10.8 Å². The highest BCUT2D eigenvalue weighted by Gasteiger charge is 2.66. The number of hydrogen-bond donors (Lipinski definition) is 0. The molecule has 2 atom stereocenters. The molecule has 2 saturated carbocycles. The Hall–Kier alpha value is 1.90. The van der Waals surface area contributed by atoms with Crippen LogP contribution in [0.3, 0.4) is 0 Å². The molecule has 3 aliphatic rings. The predicted octanol–water partition coefficient (Wildman–Crippen LogP) is 2.84. The molecule has 1 heterocycles. The molecule has 166 valence electrons. The minimum atomic E-state index is 0.289. The van der Waals surface area contributed by atoms with Gasteiger partial charge in [-0.15, -0.1) is 0 Å². The molecule has 0 amide bonds. The summed E-state index contributed by atoms with van der Waals surface area (Å²) in [5.41, 5.74) is 2.65. The van der Waals surface area contributed by atoms with E-state index in [1.807, 2.05) is 18.3 Å². The van der Waals surface area contributed by atoms with Gasteiger partial charge in [-0.3, -0.25) is 9.78 Å². The Kier molecular flexibility index (Phi) is 12.1. The van der Waals surface area contributed by atoms with Gasteiger partial charge in [0.1, 0.15) is 0 Å². The molecule has 2 unspecified atom stereocenters. The van der Waals surface area contributed by atoms with Crippen molar-refractivity contribution in [1.82, 2.24) is 4.98 Å². The number of nitrogens with zero attached hydrogens (tertiary/aromatic N) is 1. The van der Waals surface area contributed by atoms with Gasteiger partial charge in [0.2, 0.25) is 0 Å². The maximum absolute atomic E-state index is 12.2. The van der Waals surface area contributed by atoms with Crippen LogP contribution in [0.25, 0.3) is 0 Å². The number of ketones is 1. The zero-order chi connectivity index (χ0) is 21.3. The van der Waals surface area contributed by atoms with E-state index >= 15 is 0 Å². The maximum Gasteiger partial charge on any atom is 0.165 e. The van der Waals surface area contributed by atoms with Gasteiger partial charge in [-0.1, -0.05) is 6.42 Å². The highest BCUT2D eigenvalue weighted by atomic mass is 33.5. The summed E-state index contributed by atoms with van der Waals surface area (Å²) in [6.45, 7) is 0. The number of rotatable bonds is 0. The summed E-state index contributed by atoms with van der Waals surface area (Å²) in [7, 11) is 19.9. The molecule has 4 rings (SSSR count).